The van der Waals surface area contributed by atoms with Crippen LogP contribution in [0.15, 0.2) is 71.6 Å². The average Bonchev–Trinajstić information content (AvgIpc) is 3.42. The summed E-state index contributed by atoms with van der Waals surface area (Å²) in [6, 6.07) is 14.7. The quantitative estimate of drug-likeness (QED) is 0.218. The summed E-state index contributed by atoms with van der Waals surface area (Å²) in [5.74, 6) is 0.743. The van der Waals surface area contributed by atoms with Gasteiger partial charge in [-0.2, -0.15) is 0 Å². The van der Waals surface area contributed by atoms with E-state index in [1.54, 1.807) is 36.7 Å². The van der Waals surface area contributed by atoms with E-state index in [0.717, 1.165) is 45.6 Å². The molecule has 2 amide bonds. The first-order chi connectivity index (χ1) is 20.7. The lowest BCUT2D eigenvalue weighted by Gasteiger charge is -2.28. The molecule has 2 aliphatic rings. The van der Waals surface area contributed by atoms with Crippen molar-refractivity contribution in [1.29, 1.82) is 0 Å². The summed E-state index contributed by atoms with van der Waals surface area (Å²) in [5, 5.41) is 6.13. The van der Waals surface area contributed by atoms with E-state index in [2.05, 4.69) is 36.5 Å². The molecule has 6 rings (SSSR count). The van der Waals surface area contributed by atoms with Crippen LogP contribution in [-0.2, 0) is 20.9 Å². The largest absolute Gasteiger partial charge is 0.485 e. The molecule has 4 aromatic rings. The standard InChI is InChI=1S/C32H28BrN5O5/c1-18-26-13-30(35-16-27(26)25-7-6-24(12-29(25)43-18)38-9-3-4-31(38)40)36-22-11-23(15-34-14-22)37-32(41)20-5-8-28(33)21(10-20)17-42-19(2)39/h5-8,10-16,18H,3-4,9,17H2,1-2H3,(H,35,36)(H,37,41). The number of hydrogen-bond donors (Lipinski definition) is 2. The summed E-state index contributed by atoms with van der Waals surface area (Å²) >= 11 is 3.42. The number of rotatable bonds is 7. The van der Waals surface area contributed by atoms with Crippen molar-refractivity contribution >= 4 is 56.6 Å². The van der Waals surface area contributed by atoms with Gasteiger partial charge in [-0.05, 0) is 55.8 Å². The van der Waals surface area contributed by atoms with Gasteiger partial charge in [0, 0.05) is 70.1 Å². The van der Waals surface area contributed by atoms with Crippen LogP contribution in [-0.4, -0.2) is 34.3 Å². The van der Waals surface area contributed by atoms with E-state index in [0.29, 0.717) is 34.7 Å². The second-order valence-corrected chi connectivity index (χ2v) is 11.2. The van der Waals surface area contributed by atoms with E-state index in [-0.39, 0.29) is 24.5 Å². The molecule has 0 spiro atoms. The molecule has 2 aliphatic heterocycles. The molecule has 2 aromatic heterocycles. The van der Waals surface area contributed by atoms with Crippen LogP contribution >= 0.6 is 15.9 Å². The zero-order valence-corrected chi connectivity index (χ0v) is 25.1. The Hall–Kier alpha value is -4.77. The maximum absolute atomic E-state index is 13.0. The minimum absolute atomic E-state index is 0.0572. The Morgan fingerprint density at radius 1 is 1.07 bits per heavy atom. The summed E-state index contributed by atoms with van der Waals surface area (Å²) in [7, 11) is 0. The van der Waals surface area contributed by atoms with Crippen molar-refractivity contribution in [3.63, 3.8) is 0 Å². The van der Waals surface area contributed by atoms with Gasteiger partial charge in [0.2, 0.25) is 5.91 Å². The number of nitrogens with one attached hydrogen (secondary N) is 2. The van der Waals surface area contributed by atoms with E-state index in [4.69, 9.17) is 9.47 Å². The van der Waals surface area contributed by atoms with Crippen LogP contribution in [0.3, 0.4) is 0 Å². The highest BCUT2D eigenvalue weighted by Crippen LogP contribution is 2.44. The van der Waals surface area contributed by atoms with Crippen molar-refractivity contribution < 1.29 is 23.9 Å². The van der Waals surface area contributed by atoms with Crippen molar-refractivity contribution in [3.8, 4) is 16.9 Å². The number of amides is 2. The Morgan fingerprint density at radius 3 is 2.70 bits per heavy atom. The smallest absolute Gasteiger partial charge is 0.302 e. The lowest BCUT2D eigenvalue weighted by atomic mass is 9.94. The van der Waals surface area contributed by atoms with Crippen molar-refractivity contribution in [2.45, 2.75) is 39.4 Å². The number of ether oxygens (including phenoxy) is 2. The van der Waals surface area contributed by atoms with Gasteiger partial charge in [-0.3, -0.25) is 19.4 Å². The van der Waals surface area contributed by atoms with Gasteiger partial charge in [0.15, 0.2) is 0 Å². The number of carbonyl (C=O) groups is 3. The van der Waals surface area contributed by atoms with E-state index >= 15 is 0 Å². The maximum atomic E-state index is 13.0. The number of esters is 1. The predicted octanol–water partition coefficient (Wildman–Crippen LogP) is 6.55. The number of pyridine rings is 2. The second-order valence-electron chi connectivity index (χ2n) is 10.4. The average molecular weight is 643 g/mol. The Kier molecular flexibility index (Phi) is 7.81. The van der Waals surface area contributed by atoms with Crippen molar-refractivity contribution in [2.24, 2.45) is 0 Å². The molecule has 10 nitrogen and oxygen atoms in total. The van der Waals surface area contributed by atoms with E-state index < -0.39 is 5.97 Å². The fourth-order valence-corrected chi connectivity index (χ4v) is 5.57. The molecule has 1 saturated heterocycles. The van der Waals surface area contributed by atoms with E-state index in [9.17, 15) is 14.4 Å². The molecule has 1 atom stereocenters. The molecular weight excluding hydrogens is 614 g/mol. The molecular formula is C32H28BrN5O5. The van der Waals surface area contributed by atoms with Gasteiger partial charge in [0.1, 0.15) is 24.3 Å². The summed E-state index contributed by atoms with van der Waals surface area (Å²) in [4.78, 5) is 47.1. The fraction of sp³-hybridized carbons (Fsp3) is 0.219. The Labute approximate surface area is 256 Å². The molecule has 4 heterocycles. The molecule has 1 fully saturated rings. The highest BCUT2D eigenvalue weighted by atomic mass is 79.9. The molecule has 0 radical (unpaired) electrons. The lowest BCUT2D eigenvalue weighted by Crippen LogP contribution is -2.24. The normalized spacial score (nSPS) is 15.3. The first kappa shape index (κ1) is 28.4. The molecule has 0 saturated carbocycles. The summed E-state index contributed by atoms with van der Waals surface area (Å²) < 4.78 is 12.1. The monoisotopic (exact) mass is 641 g/mol. The van der Waals surface area contributed by atoms with E-state index in [1.807, 2.05) is 42.3 Å². The molecule has 43 heavy (non-hydrogen) atoms. The van der Waals surface area contributed by atoms with Crippen molar-refractivity contribution in [1.82, 2.24) is 9.97 Å². The topological polar surface area (TPSA) is 123 Å². The molecule has 2 aromatic carbocycles. The number of anilines is 4. The molecule has 218 valence electrons. The third kappa shape index (κ3) is 6.07. The Balaban J connectivity index is 1.17. The Bertz CT molecular complexity index is 1760. The first-order valence-electron chi connectivity index (χ1n) is 13.8. The molecule has 0 aliphatic carbocycles. The molecule has 0 bridgehead atoms. The van der Waals surface area contributed by atoms with Gasteiger partial charge in [-0.25, -0.2) is 4.98 Å². The number of carbonyl (C=O) groups excluding carboxylic acids is 3. The minimum atomic E-state index is -0.400. The highest BCUT2D eigenvalue weighted by molar-refractivity contribution is 9.10. The van der Waals surface area contributed by atoms with Crippen LogP contribution in [0.2, 0.25) is 0 Å². The summed E-state index contributed by atoms with van der Waals surface area (Å²) in [5.41, 5.74) is 5.96. The van der Waals surface area contributed by atoms with Crippen LogP contribution in [0.1, 0.15) is 54.3 Å². The first-order valence-corrected chi connectivity index (χ1v) is 14.6. The van der Waals surface area contributed by atoms with Crippen LogP contribution in [0.5, 0.6) is 5.75 Å². The predicted molar refractivity (Wildman–Crippen MR) is 165 cm³/mol. The number of nitrogens with zero attached hydrogens (tertiary/aromatic N) is 3. The zero-order valence-electron chi connectivity index (χ0n) is 23.5. The Morgan fingerprint density at radius 2 is 1.91 bits per heavy atom. The molecule has 2 N–H and O–H groups in total. The summed E-state index contributed by atoms with van der Waals surface area (Å²) in [6.07, 6.45) is 6.23. The number of hydrogen-bond acceptors (Lipinski definition) is 8. The van der Waals surface area contributed by atoms with Gasteiger partial charge >= 0.3 is 5.97 Å². The van der Waals surface area contributed by atoms with Crippen molar-refractivity contribution in [2.75, 3.05) is 22.1 Å². The van der Waals surface area contributed by atoms with Gasteiger partial charge in [-0.15, -0.1) is 0 Å². The third-order valence-electron chi connectivity index (χ3n) is 7.33. The lowest BCUT2D eigenvalue weighted by molar-refractivity contribution is -0.142. The van der Waals surface area contributed by atoms with Crippen LogP contribution in [0.25, 0.3) is 11.1 Å². The van der Waals surface area contributed by atoms with Gasteiger partial charge < -0.3 is 25.0 Å². The number of halogens is 1. The highest BCUT2D eigenvalue weighted by Gasteiger charge is 2.27. The third-order valence-corrected chi connectivity index (χ3v) is 8.10. The zero-order chi connectivity index (χ0) is 30.1. The molecule has 1 unspecified atom stereocenters. The van der Waals surface area contributed by atoms with Gasteiger partial charge in [-0.1, -0.05) is 15.9 Å². The number of aromatic nitrogens is 2. The fourth-order valence-electron chi connectivity index (χ4n) is 5.21. The number of fused-ring (bicyclic) bond motifs is 3. The minimum Gasteiger partial charge on any atom is -0.485 e. The van der Waals surface area contributed by atoms with E-state index in [1.165, 1.54) is 6.92 Å². The van der Waals surface area contributed by atoms with Crippen LogP contribution < -0.4 is 20.3 Å². The second kappa shape index (κ2) is 11.8. The van der Waals surface area contributed by atoms with Crippen LogP contribution in [0.4, 0.5) is 22.9 Å². The SMILES string of the molecule is CC(=O)OCc1cc(C(=O)Nc2cncc(Nc3cc4c(cn3)-c3ccc(N5CCCC5=O)cc3OC4C)c2)ccc1Br. The summed E-state index contributed by atoms with van der Waals surface area (Å²) in [6.45, 7) is 4.10. The van der Waals surface area contributed by atoms with Gasteiger partial charge in [0.25, 0.3) is 5.91 Å². The van der Waals surface area contributed by atoms with Crippen molar-refractivity contribution in [3.05, 3.63) is 88.3 Å². The number of benzene rings is 2. The maximum Gasteiger partial charge on any atom is 0.302 e. The van der Waals surface area contributed by atoms with Gasteiger partial charge in [0.05, 0.1) is 23.8 Å². The van der Waals surface area contributed by atoms with Crippen LogP contribution in [0, 0.1) is 0 Å². The molecule has 11 heteroatoms.